The van der Waals surface area contributed by atoms with Crippen molar-refractivity contribution < 1.29 is 9.53 Å². The fourth-order valence-electron chi connectivity index (χ4n) is 4.94. The molecule has 0 bridgehead atoms. The van der Waals surface area contributed by atoms with Crippen molar-refractivity contribution in [1.29, 1.82) is 0 Å². The predicted octanol–water partition coefficient (Wildman–Crippen LogP) is 7.59. The molecule has 5 rings (SSSR count). The molecule has 7 nitrogen and oxygen atoms in total. The van der Waals surface area contributed by atoms with E-state index in [0.29, 0.717) is 41.1 Å². The Kier molecular flexibility index (Phi) is 8.69. The van der Waals surface area contributed by atoms with Crippen LogP contribution in [0, 0.1) is 6.92 Å². The van der Waals surface area contributed by atoms with Gasteiger partial charge in [0.2, 0.25) is 0 Å². The molecule has 0 radical (unpaired) electrons. The van der Waals surface area contributed by atoms with E-state index < -0.39 is 0 Å². The number of carbonyl (C=O) groups excluding carboxylic acids is 1. The number of pyridine rings is 1. The standard InChI is InChI=1S/C29H28Br2ClN5O2/c1-18-23(30)15-21(16-24(18)31)29(38)36(22-5-3-4-6-22)13-14-37-28(20-7-8-26(39-2)25(32)17-20)34-27(35-37)19-9-11-33-12-10-19/h7-12,15-17,22H,3-6,13-14H2,1-2H3. The van der Waals surface area contributed by atoms with E-state index in [1.54, 1.807) is 19.5 Å². The predicted molar refractivity (Wildman–Crippen MR) is 160 cm³/mol. The molecule has 1 aliphatic carbocycles. The maximum absolute atomic E-state index is 13.9. The van der Waals surface area contributed by atoms with Gasteiger partial charge in [-0.1, -0.05) is 56.3 Å². The Bertz CT molecular complexity index is 1470. The summed E-state index contributed by atoms with van der Waals surface area (Å²) in [6.45, 7) is 2.99. The summed E-state index contributed by atoms with van der Waals surface area (Å²) in [4.78, 5) is 24.9. The maximum atomic E-state index is 13.9. The quantitative estimate of drug-likeness (QED) is 0.193. The van der Waals surface area contributed by atoms with E-state index in [2.05, 4.69) is 36.8 Å². The molecule has 4 aromatic rings. The number of hydrogen-bond donors (Lipinski definition) is 0. The Balaban J connectivity index is 1.49. The Labute approximate surface area is 249 Å². The Morgan fingerprint density at radius 2 is 1.77 bits per heavy atom. The molecule has 1 amide bonds. The van der Waals surface area contributed by atoms with Gasteiger partial charge in [0.1, 0.15) is 5.75 Å². The number of amides is 1. The number of nitrogens with zero attached hydrogens (tertiary/aromatic N) is 5. The lowest BCUT2D eigenvalue weighted by Crippen LogP contribution is -2.41. The molecule has 1 aliphatic rings. The number of benzene rings is 2. The van der Waals surface area contributed by atoms with E-state index in [1.165, 1.54) is 0 Å². The van der Waals surface area contributed by atoms with Crippen molar-refractivity contribution in [3.05, 3.63) is 80.0 Å². The highest BCUT2D eigenvalue weighted by Crippen LogP contribution is 2.32. The van der Waals surface area contributed by atoms with E-state index in [4.69, 9.17) is 26.4 Å². The molecule has 0 spiro atoms. The van der Waals surface area contributed by atoms with Crippen molar-refractivity contribution >= 4 is 49.4 Å². The lowest BCUT2D eigenvalue weighted by molar-refractivity contribution is 0.0672. The van der Waals surface area contributed by atoms with Gasteiger partial charge in [-0.15, -0.1) is 0 Å². The molecule has 2 aromatic carbocycles. The Morgan fingerprint density at radius 3 is 2.41 bits per heavy atom. The van der Waals surface area contributed by atoms with Gasteiger partial charge in [-0.3, -0.25) is 9.78 Å². The number of hydrogen-bond acceptors (Lipinski definition) is 5. The summed E-state index contributed by atoms with van der Waals surface area (Å²) < 4.78 is 9.01. The van der Waals surface area contributed by atoms with Gasteiger partial charge in [0.15, 0.2) is 11.6 Å². The molecule has 0 saturated heterocycles. The average molecular weight is 674 g/mol. The molecular weight excluding hydrogens is 646 g/mol. The first-order valence-corrected chi connectivity index (χ1v) is 14.8. The highest BCUT2D eigenvalue weighted by Gasteiger charge is 2.28. The molecule has 0 unspecified atom stereocenters. The van der Waals surface area contributed by atoms with Crippen molar-refractivity contribution in [2.24, 2.45) is 0 Å². The molecule has 1 saturated carbocycles. The van der Waals surface area contributed by atoms with Gasteiger partial charge < -0.3 is 9.64 Å². The molecule has 2 heterocycles. The maximum Gasteiger partial charge on any atom is 0.254 e. The number of aromatic nitrogens is 4. The van der Waals surface area contributed by atoms with E-state index in [0.717, 1.165) is 51.3 Å². The second-order valence-corrected chi connectivity index (χ2v) is 11.7. The minimum atomic E-state index is 0.0202. The van der Waals surface area contributed by atoms with Crippen molar-refractivity contribution in [1.82, 2.24) is 24.6 Å². The highest BCUT2D eigenvalue weighted by atomic mass is 79.9. The first-order valence-electron chi connectivity index (χ1n) is 12.8. The fourth-order valence-corrected chi connectivity index (χ4v) is 6.39. The van der Waals surface area contributed by atoms with Gasteiger partial charge >= 0.3 is 0 Å². The SMILES string of the molecule is COc1ccc(-c2nc(-c3ccncc3)nn2CCN(C(=O)c2cc(Br)c(C)c(Br)c2)C2CCCC2)cc1Cl. The summed E-state index contributed by atoms with van der Waals surface area (Å²) in [5.74, 6) is 1.87. The van der Waals surface area contributed by atoms with Gasteiger partial charge in [-0.2, -0.15) is 5.10 Å². The molecule has 2 aromatic heterocycles. The van der Waals surface area contributed by atoms with E-state index >= 15 is 0 Å². The van der Waals surface area contributed by atoms with Crippen LogP contribution in [0.2, 0.25) is 5.02 Å². The van der Waals surface area contributed by atoms with Crippen LogP contribution >= 0.6 is 43.5 Å². The van der Waals surface area contributed by atoms with Crippen LogP contribution in [0.4, 0.5) is 0 Å². The minimum absolute atomic E-state index is 0.0202. The van der Waals surface area contributed by atoms with Gasteiger partial charge in [-0.25, -0.2) is 9.67 Å². The molecular formula is C29H28Br2ClN5O2. The molecule has 39 heavy (non-hydrogen) atoms. The summed E-state index contributed by atoms with van der Waals surface area (Å²) in [5, 5.41) is 5.34. The Hall–Kier alpha value is -2.75. The first kappa shape index (κ1) is 27.8. The fraction of sp³-hybridized carbons (Fsp3) is 0.310. The van der Waals surface area contributed by atoms with Crippen LogP contribution < -0.4 is 4.74 Å². The molecule has 0 atom stereocenters. The number of carbonyl (C=O) groups is 1. The van der Waals surface area contributed by atoms with Crippen LogP contribution in [0.5, 0.6) is 5.75 Å². The summed E-state index contributed by atoms with van der Waals surface area (Å²) in [7, 11) is 1.59. The molecule has 0 N–H and O–H groups in total. The summed E-state index contributed by atoms with van der Waals surface area (Å²) in [5.41, 5.74) is 3.40. The van der Waals surface area contributed by atoms with E-state index in [-0.39, 0.29) is 11.9 Å². The van der Waals surface area contributed by atoms with Crippen molar-refractivity contribution in [3.8, 4) is 28.5 Å². The Morgan fingerprint density at radius 1 is 1.08 bits per heavy atom. The zero-order chi connectivity index (χ0) is 27.5. The van der Waals surface area contributed by atoms with E-state index in [1.807, 2.05) is 59.0 Å². The zero-order valence-corrected chi connectivity index (χ0v) is 25.6. The molecule has 10 heteroatoms. The van der Waals surface area contributed by atoms with E-state index in [9.17, 15) is 4.79 Å². The first-order chi connectivity index (χ1) is 18.9. The van der Waals surface area contributed by atoms with Gasteiger partial charge in [0.25, 0.3) is 5.91 Å². The van der Waals surface area contributed by atoms with Crippen molar-refractivity contribution in [2.75, 3.05) is 13.7 Å². The largest absolute Gasteiger partial charge is 0.495 e. The number of rotatable bonds is 8. The second kappa shape index (κ2) is 12.2. The van der Waals surface area contributed by atoms with Gasteiger partial charge in [0.05, 0.1) is 18.7 Å². The highest BCUT2D eigenvalue weighted by molar-refractivity contribution is 9.11. The third kappa shape index (κ3) is 6.05. The van der Waals surface area contributed by atoms with Gasteiger partial charge in [-0.05, 0) is 67.8 Å². The third-order valence-corrected chi connectivity index (χ3v) is 9.07. The summed E-state index contributed by atoms with van der Waals surface area (Å²) >= 11 is 13.7. The average Bonchev–Trinajstić information content (AvgIpc) is 3.63. The molecule has 202 valence electrons. The topological polar surface area (TPSA) is 73.1 Å². The zero-order valence-electron chi connectivity index (χ0n) is 21.7. The normalized spacial score (nSPS) is 13.6. The van der Waals surface area contributed by atoms with Crippen LogP contribution in [0.3, 0.4) is 0 Å². The van der Waals surface area contributed by atoms with Crippen LogP contribution in [0.25, 0.3) is 22.8 Å². The third-order valence-electron chi connectivity index (χ3n) is 7.13. The second-order valence-electron chi connectivity index (χ2n) is 9.57. The molecule has 0 aliphatic heterocycles. The molecule has 1 fully saturated rings. The summed E-state index contributed by atoms with van der Waals surface area (Å²) in [6, 6.07) is 13.3. The summed E-state index contributed by atoms with van der Waals surface area (Å²) in [6.07, 6.45) is 7.69. The lowest BCUT2D eigenvalue weighted by Gasteiger charge is -2.29. The monoisotopic (exact) mass is 671 g/mol. The van der Waals surface area contributed by atoms with Crippen molar-refractivity contribution in [2.45, 2.75) is 45.2 Å². The van der Waals surface area contributed by atoms with Gasteiger partial charge in [0, 0.05) is 50.6 Å². The smallest absolute Gasteiger partial charge is 0.254 e. The van der Waals surface area contributed by atoms with Crippen LogP contribution in [-0.2, 0) is 6.54 Å². The number of ether oxygens (including phenoxy) is 1. The number of methoxy groups -OCH3 is 1. The lowest BCUT2D eigenvalue weighted by atomic mass is 10.1. The number of halogens is 3. The minimum Gasteiger partial charge on any atom is -0.495 e. The van der Waals surface area contributed by atoms with Crippen molar-refractivity contribution in [3.63, 3.8) is 0 Å². The van der Waals surface area contributed by atoms with Crippen LogP contribution in [0.1, 0.15) is 41.6 Å². The van der Waals surface area contributed by atoms with Crippen LogP contribution in [-0.4, -0.2) is 50.3 Å². The van der Waals surface area contributed by atoms with Crippen LogP contribution in [0.15, 0.2) is 63.8 Å².